The average molecular weight is 318 g/mol. The highest BCUT2D eigenvalue weighted by Crippen LogP contribution is 2.26. The molecular weight excluding hydrogens is 295 g/mol. The molecule has 1 fully saturated rings. The standard InChI is InChI=1S/C18H23FN2O2/c1-11-3-4-13(10-22)9-21(11)18(23)8-15-12(2)20-17-6-5-14(19)7-16(15)17/h5-7,11,13,20,22H,3-4,8-10H2,1-2H3. The van der Waals surface area contributed by atoms with Crippen LogP contribution in [0.25, 0.3) is 10.9 Å². The van der Waals surface area contributed by atoms with Gasteiger partial charge in [-0.15, -0.1) is 0 Å². The quantitative estimate of drug-likeness (QED) is 0.914. The van der Waals surface area contributed by atoms with Crippen molar-refractivity contribution in [3.8, 4) is 0 Å². The van der Waals surface area contributed by atoms with Gasteiger partial charge in [-0.3, -0.25) is 4.79 Å². The van der Waals surface area contributed by atoms with Gasteiger partial charge in [0.1, 0.15) is 5.82 Å². The first kappa shape index (κ1) is 16.0. The molecule has 0 aliphatic carbocycles. The van der Waals surface area contributed by atoms with E-state index in [1.54, 1.807) is 6.07 Å². The minimum atomic E-state index is -0.295. The number of aliphatic hydroxyl groups excluding tert-OH is 1. The summed E-state index contributed by atoms with van der Waals surface area (Å²) in [7, 11) is 0. The van der Waals surface area contributed by atoms with Crippen LogP contribution in [0.15, 0.2) is 18.2 Å². The summed E-state index contributed by atoms with van der Waals surface area (Å²) in [6.07, 6.45) is 2.13. The molecule has 23 heavy (non-hydrogen) atoms. The number of rotatable bonds is 3. The number of aromatic nitrogens is 1. The van der Waals surface area contributed by atoms with Gasteiger partial charge in [0.2, 0.25) is 5.91 Å². The van der Waals surface area contributed by atoms with Crippen molar-refractivity contribution in [3.63, 3.8) is 0 Å². The summed E-state index contributed by atoms with van der Waals surface area (Å²) >= 11 is 0. The maximum atomic E-state index is 13.5. The maximum absolute atomic E-state index is 13.5. The fourth-order valence-electron chi connectivity index (χ4n) is 3.51. The predicted molar refractivity (Wildman–Crippen MR) is 87.7 cm³/mol. The van der Waals surface area contributed by atoms with E-state index in [1.807, 2.05) is 18.7 Å². The van der Waals surface area contributed by atoms with E-state index in [4.69, 9.17) is 0 Å². The van der Waals surface area contributed by atoms with Gasteiger partial charge >= 0.3 is 0 Å². The molecule has 0 radical (unpaired) electrons. The van der Waals surface area contributed by atoms with Crippen molar-refractivity contribution >= 4 is 16.8 Å². The topological polar surface area (TPSA) is 56.3 Å². The minimum absolute atomic E-state index is 0.0453. The second-order valence-corrected chi connectivity index (χ2v) is 6.62. The van der Waals surface area contributed by atoms with Gasteiger partial charge in [0.15, 0.2) is 0 Å². The molecule has 0 bridgehead atoms. The number of carbonyl (C=O) groups excluding carboxylic acids is 1. The van der Waals surface area contributed by atoms with Crippen LogP contribution in [0, 0.1) is 18.7 Å². The van der Waals surface area contributed by atoms with E-state index in [-0.39, 0.29) is 36.7 Å². The number of hydrogen-bond acceptors (Lipinski definition) is 2. The Labute approximate surface area is 135 Å². The third kappa shape index (κ3) is 3.11. The molecule has 2 atom stereocenters. The van der Waals surface area contributed by atoms with Crippen molar-refractivity contribution in [3.05, 3.63) is 35.3 Å². The minimum Gasteiger partial charge on any atom is -0.396 e. The first-order valence-corrected chi connectivity index (χ1v) is 8.16. The second kappa shape index (κ2) is 6.32. The molecule has 0 saturated carbocycles. The van der Waals surface area contributed by atoms with Gasteiger partial charge in [-0.2, -0.15) is 0 Å². The second-order valence-electron chi connectivity index (χ2n) is 6.62. The number of benzene rings is 1. The fraction of sp³-hybridized carbons (Fsp3) is 0.500. The Balaban J connectivity index is 1.85. The van der Waals surface area contributed by atoms with Crippen LogP contribution < -0.4 is 0 Å². The lowest BCUT2D eigenvalue weighted by molar-refractivity contribution is -0.135. The van der Waals surface area contributed by atoms with Gasteiger partial charge in [-0.1, -0.05) is 0 Å². The van der Waals surface area contributed by atoms with Gasteiger partial charge in [0, 0.05) is 35.8 Å². The number of halogens is 1. The van der Waals surface area contributed by atoms with Crippen molar-refractivity contribution in [1.29, 1.82) is 0 Å². The molecule has 1 aromatic heterocycles. The highest BCUT2D eigenvalue weighted by molar-refractivity contribution is 5.90. The van der Waals surface area contributed by atoms with E-state index < -0.39 is 0 Å². The van der Waals surface area contributed by atoms with Gasteiger partial charge in [-0.25, -0.2) is 4.39 Å². The van der Waals surface area contributed by atoms with Crippen LogP contribution >= 0.6 is 0 Å². The summed E-state index contributed by atoms with van der Waals surface area (Å²) in [4.78, 5) is 17.8. The number of aryl methyl sites for hydroxylation is 1. The molecule has 3 rings (SSSR count). The number of aromatic amines is 1. The first-order chi connectivity index (χ1) is 11.0. The average Bonchev–Trinajstić information content (AvgIpc) is 2.83. The van der Waals surface area contributed by atoms with E-state index in [0.717, 1.165) is 35.0 Å². The Morgan fingerprint density at radius 2 is 2.22 bits per heavy atom. The van der Waals surface area contributed by atoms with Crippen LogP contribution in [-0.4, -0.2) is 40.1 Å². The normalized spacial score (nSPS) is 21.8. The lowest BCUT2D eigenvalue weighted by Gasteiger charge is -2.37. The molecule has 2 unspecified atom stereocenters. The largest absolute Gasteiger partial charge is 0.396 e. The van der Waals surface area contributed by atoms with Gasteiger partial charge in [0.25, 0.3) is 0 Å². The van der Waals surface area contributed by atoms with Gasteiger partial charge in [0.05, 0.1) is 6.42 Å². The maximum Gasteiger partial charge on any atom is 0.227 e. The summed E-state index contributed by atoms with van der Waals surface area (Å²) in [6, 6.07) is 4.80. The Morgan fingerprint density at radius 3 is 2.96 bits per heavy atom. The summed E-state index contributed by atoms with van der Waals surface area (Å²) in [6.45, 7) is 4.68. The number of nitrogens with one attached hydrogen (secondary N) is 1. The summed E-state index contributed by atoms with van der Waals surface area (Å²) in [5, 5.41) is 10.1. The van der Waals surface area contributed by atoms with Crippen LogP contribution in [0.1, 0.15) is 31.0 Å². The van der Waals surface area contributed by atoms with Gasteiger partial charge < -0.3 is 15.0 Å². The molecule has 5 heteroatoms. The monoisotopic (exact) mass is 318 g/mol. The Bertz CT molecular complexity index is 725. The van der Waals surface area contributed by atoms with Crippen LogP contribution in [0.3, 0.4) is 0 Å². The number of amides is 1. The number of likely N-dealkylation sites (tertiary alicyclic amines) is 1. The summed E-state index contributed by atoms with van der Waals surface area (Å²) in [5.74, 6) is -0.0857. The van der Waals surface area contributed by atoms with Gasteiger partial charge in [-0.05, 0) is 56.4 Å². The number of carbonyl (C=O) groups is 1. The lowest BCUT2D eigenvalue weighted by Crippen LogP contribution is -2.47. The third-order valence-electron chi connectivity index (χ3n) is 4.97. The van der Waals surface area contributed by atoms with Crippen LogP contribution in [0.5, 0.6) is 0 Å². The van der Waals surface area contributed by atoms with E-state index in [1.165, 1.54) is 12.1 Å². The lowest BCUT2D eigenvalue weighted by atomic mass is 9.93. The molecule has 2 N–H and O–H groups in total. The Kier molecular flexibility index (Phi) is 4.39. The smallest absolute Gasteiger partial charge is 0.227 e. The molecule has 1 aliphatic heterocycles. The van der Waals surface area contributed by atoms with E-state index in [2.05, 4.69) is 4.98 Å². The zero-order valence-electron chi connectivity index (χ0n) is 13.6. The Morgan fingerprint density at radius 1 is 1.43 bits per heavy atom. The number of piperidine rings is 1. The molecular formula is C18H23FN2O2. The first-order valence-electron chi connectivity index (χ1n) is 8.16. The van der Waals surface area contributed by atoms with Crippen molar-refractivity contribution in [2.24, 2.45) is 5.92 Å². The summed E-state index contributed by atoms with van der Waals surface area (Å²) in [5.41, 5.74) is 2.62. The van der Waals surface area contributed by atoms with E-state index >= 15 is 0 Å². The van der Waals surface area contributed by atoms with Crippen molar-refractivity contribution < 1.29 is 14.3 Å². The third-order valence-corrected chi connectivity index (χ3v) is 4.97. The summed E-state index contributed by atoms with van der Waals surface area (Å²) < 4.78 is 13.5. The van der Waals surface area contributed by atoms with E-state index in [9.17, 15) is 14.3 Å². The molecule has 2 aromatic rings. The van der Waals surface area contributed by atoms with E-state index in [0.29, 0.717) is 6.54 Å². The van der Waals surface area contributed by atoms with Crippen LogP contribution in [-0.2, 0) is 11.2 Å². The molecule has 1 aromatic carbocycles. The molecule has 1 saturated heterocycles. The fourth-order valence-corrected chi connectivity index (χ4v) is 3.51. The molecule has 1 amide bonds. The van der Waals surface area contributed by atoms with Crippen LogP contribution in [0.4, 0.5) is 4.39 Å². The Hall–Kier alpha value is -1.88. The highest BCUT2D eigenvalue weighted by Gasteiger charge is 2.29. The number of hydrogen-bond donors (Lipinski definition) is 2. The predicted octanol–water partition coefficient (Wildman–Crippen LogP) is 2.78. The molecule has 124 valence electrons. The molecule has 2 heterocycles. The molecule has 1 aliphatic rings. The van der Waals surface area contributed by atoms with Crippen LogP contribution in [0.2, 0.25) is 0 Å². The molecule has 4 nitrogen and oxygen atoms in total. The van der Waals surface area contributed by atoms with Crippen molar-refractivity contribution in [2.75, 3.05) is 13.2 Å². The van der Waals surface area contributed by atoms with Crippen molar-refractivity contribution in [1.82, 2.24) is 9.88 Å². The number of nitrogens with zero attached hydrogens (tertiary/aromatic N) is 1. The van der Waals surface area contributed by atoms with Crippen molar-refractivity contribution in [2.45, 2.75) is 39.2 Å². The number of fused-ring (bicyclic) bond motifs is 1. The SMILES string of the molecule is Cc1[nH]c2ccc(F)cc2c1CC(=O)N1CC(CO)CCC1C. The number of aliphatic hydroxyl groups is 1. The molecule has 0 spiro atoms. The zero-order valence-corrected chi connectivity index (χ0v) is 13.6. The highest BCUT2D eigenvalue weighted by atomic mass is 19.1. The zero-order chi connectivity index (χ0) is 16.6. The number of H-pyrrole nitrogens is 1.